The zero-order valence-corrected chi connectivity index (χ0v) is 21.5. The summed E-state index contributed by atoms with van der Waals surface area (Å²) in [6.07, 6.45) is -1.40. The fraction of sp³-hybridized carbons (Fsp3) is 0.464. The number of ether oxygens (including phenoxy) is 1. The second-order valence-electron chi connectivity index (χ2n) is 10.7. The highest BCUT2D eigenvalue weighted by Crippen LogP contribution is 2.30. The van der Waals surface area contributed by atoms with Crippen LogP contribution in [0.5, 0.6) is 0 Å². The fourth-order valence-electron chi connectivity index (χ4n) is 4.78. The minimum atomic E-state index is -1.44. The molecule has 0 aromatic heterocycles. The Morgan fingerprint density at radius 2 is 1.76 bits per heavy atom. The van der Waals surface area contributed by atoms with Crippen LogP contribution in [0.3, 0.4) is 0 Å². The fourth-order valence-corrected chi connectivity index (χ4v) is 4.78. The summed E-state index contributed by atoms with van der Waals surface area (Å²) in [4.78, 5) is 40.5. The molecule has 0 bridgehead atoms. The van der Waals surface area contributed by atoms with Gasteiger partial charge in [0.25, 0.3) is 11.8 Å². The molecule has 37 heavy (non-hydrogen) atoms. The molecule has 0 saturated carbocycles. The Labute approximate surface area is 217 Å². The van der Waals surface area contributed by atoms with Crippen molar-refractivity contribution in [1.29, 1.82) is 0 Å². The first-order valence-corrected chi connectivity index (χ1v) is 12.6. The molecular weight excluding hydrogens is 474 g/mol. The van der Waals surface area contributed by atoms with Crippen LogP contribution in [-0.4, -0.2) is 70.5 Å². The number of hydrogen-bond donors (Lipinski definition) is 3. The molecule has 198 valence electrons. The van der Waals surface area contributed by atoms with E-state index in [4.69, 9.17) is 4.74 Å². The van der Waals surface area contributed by atoms with Gasteiger partial charge in [-0.25, -0.2) is 4.79 Å². The van der Waals surface area contributed by atoms with Crippen LogP contribution in [0.4, 0.5) is 10.5 Å². The maximum absolute atomic E-state index is 13.2. The quantitative estimate of drug-likeness (QED) is 0.570. The van der Waals surface area contributed by atoms with Gasteiger partial charge in [-0.1, -0.05) is 30.3 Å². The summed E-state index contributed by atoms with van der Waals surface area (Å²) in [5.74, 6) is -0.369. The van der Waals surface area contributed by atoms with Crippen LogP contribution >= 0.6 is 0 Å². The number of benzene rings is 2. The van der Waals surface area contributed by atoms with Crippen molar-refractivity contribution in [3.05, 3.63) is 65.2 Å². The highest BCUT2D eigenvalue weighted by atomic mass is 16.6. The molecule has 3 N–H and O–H groups in total. The average Bonchev–Trinajstić information content (AvgIpc) is 3.13. The van der Waals surface area contributed by atoms with Gasteiger partial charge in [0.1, 0.15) is 11.7 Å². The van der Waals surface area contributed by atoms with Crippen LogP contribution in [-0.2, 0) is 16.1 Å². The molecule has 2 atom stereocenters. The van der Waals surface area contributed by atoms with Gasteiger partial charge >= 0.3 is 6.09 Å². The Kier molecular flexibility index (Phi) is 7.85. The average molecular weight is 510 g/mol. The number of nitrogens with one attached hydrogen (secondary N) is 1. The smallest absolute Gasteiger partial charge is 0.407 e. The van der Waals surface area contributed by atoms with Crippen molar-refractivity contribution in [1.82, 2.24) is 10.2 Å². The van der Waals surface area contributed by atoms with Gasteiger partial charge in [0.2, 0.25) is 0 Å². The number of rotatable bonds is 5. The van der Waals surface area contributed by atoms with E-state index in [2.05, 4.69) is 17.4 Å². The van der Waals surface area contributed by atoms with E-state index in [1.165, 1.54) is 10.5 Å². The molecule has 2 fully saturated rings. The third-order valence-electron chi connectivity index (χ3n) is 6.70. The standard InChI is InChI=1S/C28H35N3O6/c1-28(2,3)37-27(36)29-16-18-6-4-7-20(14-18)19-10-12-30(13-11-19)25(34)21-8-5-9-22(15-21)31-17-23(32)24(33)26(31)35/h4-9,14-15,19,23-24,32-33H,10-13,16-17H2,1-3H3,(H,29,36). The van der Waals surface area contributed by atoms with Crippen molar-refractivity contribution in [2.24, 2.45) is 0 Å². The predicted molar refractivity (Wildman–Crippen MR) is 138 cm³/mol. The second-order valence-corrected chi connectivity index (χ2v) is 10.7. The minimum Gasteiger partial charge on any atom is -0.444 e. The lowest BCUT2D eigenvalue weighted by Gasteiger charge is -2.32. The van der Waals surface area contributed by atoms with Crippen LogP contribution in [0.1, 0.15) is 61.0 Å². The second kappa shape index (κ2) is 10.9. The topological polar surface area (TPSA) is 119 Å². The van der Waals surface area contributed by atoms with E-state index in [0.717, 1.165) is 18.4 Å². The molecule has 0 spiro atoms. The first kappa shape index (κ1) is 26.6. The van der Waals surface area contributed by atoms with Crippen LogP contribution in [0.2, 0.25) is 0 Å². The maximum atomic E-state index is 13.2. The Hall–Kier alpha value is -3.43. The predicted octanol–water partition coefficient (Wildman–Crippen LogP) is 2.80. The van der Waals surface area contributed by atoms with Gasteiger partial charge in [0, 0.05) is 30.9 Å². The van der Waals surface area contributed by atoms with Crippen molar-refractivity contribution < 1.29 is 29.3 Å². The molecule has 2 aromatic rings. The Morgan fingerprint density at radius 1 is 1.05 bits per heavy atom. The van der Waals surface area contributed by atoms with Crippen molar-refractivity contribution in [2.75, 3.05) is 24.5 Å². The third kappa shape index (κ3) is 6.47. The molecular formula is C28H35N3O6. The normalized spacial score (nSPS) is 20.7. The largest absolute Gasteiger partial charge is 0.444 e. The lowest BCUT2D eigenvalue weighted by molar-refractivity contribution is -0.126. The molecule has 0 radical (unpaired) electrons. The molecule has 2 unspecified atom stereocenters. The van der Waals surface area contributed by atoms with Gasteiger partial charge in [-0.3, -0.25) is 9.59 Å². The summed E-state index contributed by atoms with van der Waals surface area (Å²) in [7, 11) is 0. The molecule has 9 heteroatoms. The van der Waals surface area contributed by atoms with Gasteiger partial charge in [-0.2, -0.15) is 0 Å². The summed E-state index contributed by atoms with van der Waals surface area (Å²) in [5, 5.41) is 22.4. The third-order valence-corrected chi connectivity index (χ3v) is 6.70. The molecule has 3 amide bonds. The van der Waals surface area contributed by atoms with Crippen molar-refractivity contribution in [3.8, 4) is 0 Å². The van der Waals surface area contributed by atoms with Gasteiger partial charge in [0.15, 0.2) is 6.10 Å². The number of amides is 3. The van der Waals surface area contributed by atoms with Gasteiger partial charge < -0.3 is 30.1 Å². The lowest BCUT2D eigenvalue weighted by Crippen LogP contribution is -2.38. The molecule has 4 rings (SSSR count). The highest BCUT2D eigenvalue weighted by molar-refractivity contribution is 6.01. The first-order chi connectivity index (χ1) is 17.5. The number of carbonyl (C=O) groups excluding carboxylic acids is 3. The van der Waals surface area contributed by atoms with Crippen molar-refractivity contribution >= 4 is 23.6 Å². The SMILES string of the molecule is CC(C)(C)OC(=O)NCc1cccc(C2CCN(C(=O)c3cccc(N4CC(O)C(O)C4=O)c3)CC2)c1. The summed E-state index contributed by atoms with van der Waals surface area (Å²) in [5.41, 5.74) is 2.58. The lowest BCUT2D eigenvalue weighted by atomic mass is 9.88. The number of alkyl carbamates (subject to hydrolysis) is 1. The van der Waals surface area contributed by atoms with Gasteiger partial charge in [-0.05, 0) is 68.9 Å². The molecule has 2 aromatic carbocycles. The Bertz CT molecular complexity index is 1150. The van der Waals surface area contributed by atoms with E-state index in [9.17, 15) is 24.6 Å². The molecule has 2 heterocycles. The number of anilines is 1. The number of nitrogens with zero attached hydrogens (tertiary/aromatic N) is 2. The molecule has 2 aliphatic heterocycles. The minimum absolute atomic E-state index is 0.00457. The highest BCUT2D eigenvalue weighted by Gasteiger charge is 2.39. The number of piperidine rings is 1. The van der Waals surface area contributed by atoms with E-state index in [1.807, 2.05) is 37.8 Å². The number of β-amino-alcohol motifs (C(OH)–C–C–N with tert-alkyl or cyclic N) is 1. The van der Waals surface area contributed by atoms with Crippen LogP contribution in [0.15, 0.2) is 48.5 Å². The summed E-state index contributed by atoms with van der Waals surface area (Å²) in [6.45, 7) is 7.06. The van der Waals surface area contributed by atoms with Crippen LogP contribution in [0, 0.1) is 0 Å². The molecule has 2 saturated heterocycles. The van der Waals surface area contributed by atoms with Gasteiger partial charge in [-0.15, -0.1) is 0 Å². The Morgan fingerprint density at radius 3 is 2.41 bits per heavy atom. The molecule has 2 aliphatic rings. The number of carbonyl (C=O) groups is 3. The zero-order valence-electron chi connectivity index (χ0n) is 21.5. The molecule has 0 aliphatic carbocycles. The monoisotopic (exact) mass is 509 g/mol. The number of aliphatic hydroxyl groups is 2. The van der Waals surface area contributed by atoms with Crippen molar-refractivity contribution in [2.45, 2.75) is 63.9 Å². The zero-order chi connectivity index (χ0) is 26.7. The van der Waals surface area contributed by atoms with Crippen LogP contribution < -0.4 is 10.2 Å². The summed E-state index contributed by atoms with van der Waals surface area (Å²) >= 11 is 0. The van der Waals surface area contributed by atoms with E-state index >= 15 is 0 Å². The van der Waals surface area contributed by atoms with E-state index in [-0.39, 0.29) is 12.5 Å². The van der Waals surface area contributed by atoms with E-state index in [1.54, 1.807) is 24.3 Å². The first-order valence-electron chi connectivity index (χ1n) is 12.6. The van der Waals surface area contributed by atoms with E-state index in [0.29, 0.717) is 36.8 Å². The summed E-state index contributed by atoms with van der Waals surface area (Å²) in [6, 6.07) is 14.9. The summed E-state index contributed by atoms with van der Waals surface area (Å²) < 4.78 is 5.30. The maximum Gasteiger partial charge on any atom is 0.407 e. The number of likely N-dealkylation sites (tertiary alicyclic amines) is 1. The van der Waals surface area contributed by atoms with Crippen molar-refractivity contribution in [3.63, 3.8) is 0 Å². The van der Waals surface area contributed by atoms with E-state index < -0.39 is 29.8 Å². The number of hydrogen-bond acceptors (Lipinski definition) is 6. The van der Waals surface area contributed by atoms with Gasteiger partial charge in [0.05, 0.1) is 6.54 Å². The molecule has 9 nitrogen and oxygen atoms in total. The van der Waals surface area contributed by atoms with Crippen LogP contribution in [0.25, 0.3) is 0 Å². The number of aliphatic hydroxyl groups excluding tert-OH is 2. The Balaban J connectivity index is 1.34.